The van der Waals surface area contributed by atoms with Crippen molar-refractivity contribution in [1.82, 2.24) is 0 Å². The summed E-state index contributed by atoms with van der Waals surface area (Å²) in [5.74, 6) is 1.79. The summed E-state index contributed by atoms with van der Waals surface area (Å²) in [6, 6.07) is 13.1. The molecule has 0 bridgehead atoms. The Hall–Kier alpha value is -3.02. The highest BCUT2D eigenvalue weighted by Gasteiger charge is 2.18. The van der Waals surface area contributed by atoms with Crippen molar-refractivity contribution in [2.75, 3.05) is 35.2 Å². The number of amides is 2. The van der Waals surface area contributed by atoms with Crippen molar-refractivity contribution >= 4 is 29.4 Å². The number of anilines is 3. The lowest BCUT2D eigenvalue weighted by molar-refractivity contribution is -0.108. The van der Waals surface area contributed by atoms with Gasteiger partial charge in [0.15, 0.2) is 0 Å². The van der Waals surface area contributed by atoms with Gasteiger partial charge in [0.2, 0.25) is 0 Å². The average molecular weight is 454 g/mol. The van der Waals surface area contributed by atoms with Gasteiger partial charge in [0.25, 0.3) is 0 Å². The first-order valence-corrected chi connectivity index (χ1v) is 11.9. The van der Waals surface area contributed by atoms with E-state index in [1.807, 2.05) is 44.2 Å². The van der Waals surface area contributed by atoms with Crippen molar-refractivity contribution in [2.24, 2.45) is 11.8 Å². The number of nitrogens with zero attached hydrogens (tertiary/aromatic N) is 1. The van der Waals surface area contributed by atoms with Gasteiger partial charge < -0.3 is 25.1 Å². The SMILES string of the molecule is CCOc1ccc(NC(=O)Nc2cc(C(C)CC=O)ccc2N(CC(C)C)CC(C)C)cc1. The minimum absolute atomic E-state index is 0.0786. The summed E-state index contributed by atoms with van der Waals surface area (Å²) in [5, 5.41) is 5.95. The largest absolute Gasteiger partial charge is 0.494 e. The monoisotopic (exact) mass is 453 g/mol. The number of hydrogen-bond acceptors (Lipinski definition) is 4. The molecule has 0 fully saturated rings. The summed E-state index contributed by atoms with van der Waals surface area (Å²) in [6.45, 7) is 15.1. The Labute approximate surface area is 198 Å². The summed E-state index contributed by atoms with van der Waals surface area (Å²) in [6.07, 6.45) is 1.38. The van der Waals surface area contributed by atoms with E-state index in [0.717, 1.165) is 42.1 Å². The van der Waals surface area contributed by atoms with Crippen LogP contribution in [0.15, 0.2) is 42.5 Å². The van der Waals surface area contributed by atoms with Crippen molar-refractivity contribution in [3.8, 4) is 5.75 Å². The van der Waals surface area contributed by atoms with Crippen molar-refractivity contribution in [3.05, 3.63) is 48.0 Å². The number of urea groups is 1. The number of benzene rings is 2. The molecule has 0 saturated heterocycles. The Kier molecular flexibility index (Phi) is 10.2. The Morgan fingerprint density at radius 2 is 1.61 bits per heavy atom. The van der Waals surface area contributed by atoms with Gasteiger partial charge in [0.05, 0.1) is 18.0 Å². The lowest BCUT2D eigenvalue weighted by atomic mass is 9.97. The molecule has 6 nitrogen and oxygen atoms in total. The second-order valence-electron chi connectivity index (χ2n) is 9.31. The van der Waals surface area contributed by atoms with E-state index in [9.17, 15) is 9.59 Å². The van der Waals surface area contributed by atoms with E-state index in [4.69, 9.17) is 4.74 Å². The molecular weight excluding hydrogens is 414 g/mol. The first-order chi connectivity index (χ1) is 15.7. The normalized spacial score (nSPS) is 11.9. The van der Waals surface area contributed by atoms with E-state index >= 15 is 0 Å². The lowest BCUT2D eigenvalue weighted by Crippen LogP contribution is -2.32. The Balaban J connectivity index is 2.31. The first kappa shape index (κ1) is 26.2. The zero-order chi connectivity index (χ0) is 24.4. The van der Waals surface area contributed by atoms with Crippen LogP contribution in [0.5, 0.6) is 5.75 Å². The average Bonchev–Trinajstić information content (AvgIpc) is 2.74. The predicted octanol–water partition coefficient (Wildman–Crippen LogP) is 6.54. The summed E-state index contributed by atoms with van der Waals surface area (Å²) in [7, 11) is 0. The maximum Gasteiger partial charge on any atom is 0.323 e. The van der Waals surface area contributed by atoms with Crippen LogP contribution in [-0.2, 0) is 4.79 Å². The number of rotatable bonds is 12. The van der Waals surface area contributed by atoms with Crippen LogP contribution in [0.3, 0.4) is 0 Å². The van der Waals surface area contributed by atoms with E-state index < -0.39 is 0 Å². The smallest absolute Gasteiger partial charge is 0.323 e. The molecule has 33 heavy (non-hydrogen) atoms. The highest BCUT2D eigenvalue weighted by Crippen LogP contribution is 2.32. The lowest BCUT2D eigenvalue weighted by Gasteiger charge is -2.31. The van der Waals surface area contributed by atoms with Crippen LogP contribution >= 0.6 is 0 Å². The third-order valence-corrected chi connectivity index (χ3v) is 5.22. The summed E-state index contributed by atoms with van der Waals surface area (Å²) < 4.78 is 5.46. The second kappa shape index (κ2) is 12.9. The molecule has 6 heteroatoms. The van der Waals surface area contributed by atoms with Crippen molar-refractivity contribution in [2.45, 2.75) is 53.9 Å². The van der Waals surface area contributed by atoms with Crippen LogP contribution in [0, 0.1) is 11.8 Å². The fourth-order valence-corrected chi connectivity index (χ4v) is 3.76. The van der Waals surface area contributed by atoms with Gasteiger partial charge in [0, 0.05) is 25.2 Å². The molecule has 1 atom stereocenters. The maximum atomic E-state index is 12.9. The molecule has 0 radical (unpaired) electrons. The molecule has 0 heterocycles. The third-order valence-electron chi connectivity index (χ3n) is 5.22. The number of nitrogens with one attached hydrogen (secondary N) is 2. The molecule has 0 aromatic heterocycles. The van der Waals surface area contributed by atoms with Gasteiger partial charge in [0.1, 0.15) is 12.0 Å². The molecule has 0 saturated carbocycles. The van der Waals surface area contributed by atoms with Gasteiger partial charge in [-0.15, -0.1) is 0 Å². The fraction of sp³-hybridized carbons (Fsp3) is 0.481. The van der Waals surface area contributed by atoms with Crippen LogP contribution in [0.2, 0.25) is 0 Å². The maximum absolute atomic E-state index is 12.9. The van der Waals surface area contributed by atoms with Crippen LogP contribution in [0.4, 0.5) is 21.9 Å². The standard InChI is InChI=1S/C27H39N3O3/c1-7-33-24-11-9-23(10-12-24)28-27(32)29-25-16-22(21(6)14-15-31)8-13-26(25)30(17-19(2)3)18-20(4)5/h8-13,15-16,19-21H,7,14,17-18H2,1-6H3,(H2,28,29,32). The molecule has 1 unspecified atom stereocenters. The number of carbonyl (C=O) groups is 2. The third kappa shape index (κ3) is 8.44. The number of hydrogen-bond donors (Lipinski definition) is 2. The van der Waals surface area contributed by atoms with Crippen LogP contribution < -0.4 is 20.3 Å². The molecule has 2 aromatic carbocycles. The number of aldehydes is 1. The van der Waals surface area contributed by atoms with Gasteiger partial charge in [-0.05, 0) is 66.6 Å². The van der Waals surface area contributed by atoms with Gasteiger partial charge in [-0.3, -0.25) is 0 Å². The van der Waals surface area contributed by atoms with Crippen LogP contribution in [0.25, 0.3) is 0 Å². The quantitative estimate of drug-likeness (QED) is 0.358. The Bertz CT molecular complexity index is 884. The molecule has 0 aliphatic heterocycles. The van der Waals surface area contributed by atoms with Gasteiger partial charge >= 0.3 is 6.03 Å². The highest BCUT2D eigenvalue weighted by molar-refractivity contribution is 6.02. The van der Waals surface area contributed by atoms with Crippen molar-refractivity contribution in [1.29, 1.82) is 0 Å². The van der Waals surface area contributed by atoms with E-state index in [2.05, 4.69) is 55.4 Å². The first-order valence-electron chi connectivity index (χ1n) is 11.9. The van der Waals surface area contributed by atoms with Crippen LogP contribution in [-0.4, -0.2) is 32.0 Å². The molecule has 0 aliphatic rings. The zero-order valence-corrected chi connectivity index (χ0v) is 20.9. The molecule has 0 aliphatic carbocycles. The summed E-state index contributed by atoms with van der Waals surface area (Å²) >= 11 is 0. The molecule has 2 rings (SSSR count). The van der Waals surface area contributed by atoms with Crippen molar-refractivity contribution < 1.29 is 14.3 Å². The fourth-order valence-electron chi connectivity index (χ4n) is 3.76. The molecule has 2 N–H and O–H groups in total. The highest BCUT2D eigenvalue weighted by atomic mass is 16.5. The predicted molar refractivity (Wildman–Crippen MR) is 138 cm³/mol. The topological polar surface area (TPSA) is 70.7 Å². The van der Waals surface area contributed by atoms with Gasteiger partial charge in [-0.2, -0.15) is 0 Å². The van der Waals surface area contributed by atoms with E-state index in [1.165, 1.54) is 0 Å². The van der Waals surface area contributed by atoms with Gasteiger partial charge in [-0.25, -0.2) is 4.79 Å². The minimum Gasteiger partial charge on any atom is -0.494 e. The zero-order valence-electron chi connectivity index (χ0n) is 20.9. The van der Waals surface area contributed by atoms with Gasteiger partial charge in [-0.1, -0.05) is 40.7 Å². The molecule has 2 amide bonds. The number of carbonyl (C=O) groups excluding carboxylic acids is 2. The Morgan fingerprint density at radius 1 is 0.970 bits per heavy atom. The summed E-state index contributed by atoms with van der Waals surface area (Å²) in [5.41, 5.74) is 3.44. The van der Waals surface area contributed by atoms with E-state index in [1.54, 1.807) is 0 Å². The van der Waals surface area contributed by atoms with E-state index in [-0.39, 0.29) is 11.9 Å². The minimum atomic E-state index is -0.311. The Morgan fingerprint density at radius 3 is 2.15 bits per heavy atom. The second-order valence-corrected chi connectivity index (χ2v) is 9.31. The molecule has 2 aromatic rings. The van der Waals surface area contributed by atoms with Crippen molar-refractivity contribution in [3.63, 3.8) is 0 Å². The van der Waals surface area contributed by atoms with Crippen LogP contribution in [0.1, 0.15) is 59.4 Å². The summed E-state index contributed by atoms with van der Waals surface area (Å²) in [4.78, 5) is 26.3. The van der Waals surface area contributed by atoms with E-state index in [0.29, 0.717) is 30.6 Å². The molecular formula is C27H39N3O3. The molecule has 0 spiro atoms. The molecule has 180 valence electrons. The number of ether oxygens (including phenoxy) is 1.